The molecule has 0 unspecified atom stereocenters. The number of nitrogens with one attached hydrogen (secondary N) is 2. The van der Waals surface area contributed by atoms with E-state index in [1.807, 2.05) is 39.0 Å². The van der Waals surface area contributed by atoms with Crippen LogP contribution >= 0.6 is 15.9 Å². The van der Waals surface area contributed by atoms with Crippen LogP contribution < -0.4 is 5.32 Å². The van der Waals surface area contributed by atoms with Crippen molar-refractivity contribution in [2.45, 2.75) is 26.7 Å². The third kappa shape index (κ3) is 3.23. The molecule has 2 aromatic rings. The molecule has 0 atom stereocenters. The van der Waals surface area contributed by atoms with Crippen molar-refractivity contribution in [2.75, 3.05) is 5.32 Å². The van der Waals surface area contributed by atoms with E-state index < -0.39 is 0 Å². The van der Waals surface area contributed by atoms with E-state index in [0.29, 0.717) is 11.6 Å². The summed E-state index contributed by atoms with van der Waals surface area (Å²) in [6.45, 7) is 6.08. The number of hydrogen-bond acceptors (Lipinski definition) is 2. The highest BCUT2D eigenvalue weighted by Gasteiger charge is 2.12. The lowest BCUT2D eigenvalue weighted by molar-refractivity contribution is 0.102. The summed E-state index contributed by atoms with van der Waals surface area (Å²) in [5, 5.41) is 9.74. The predicted octanol–water partition coefficient (Wildman–Crippen LogP) is 3.86. The van der Waals surface area contributed by atoms with Crippen molar-refractivity contribution in [1.29, 1.82) is 0 Å². The maximum absolute atomic E-state index is 12.0. The lowest BCUT2D eigenvalue weighted by Gasteiger charge is -2.05. The van der Waals surface area contributed by atoms with Gasteiger partial charge in [-0.05, 0) is 42.7 Å². The van der Waals surface area contributed by atoms with Crippen LogP contribution in [0.2, 0.25) is 0 Å². The molecular weight excluding hydrogens is 306 g/mol. The first-order valence-electron chi connectivity index (χ1n) is 6.10. The number of aromatic amines is 1. The largest absolute Gasteiger partial charge is 0.321 e. The van der Waals surface area contributed by atoms with Gasteiger partial charge in [-0.1, -0.05) is 29.8 Å². The molecule has 1 aromatic carbocycles. The summed E-state index contributed by atoms with van der Waals surface area (Å²) in [6, 6.07) is 7.46. The number of carbonyl (C=O) groups is 1. The average Bonchev–Trinajstić information content (AvgIpc) is 2.83. The number of hydrogen-bond donors (Lipinski definition) is 2. The minimum atomic E-state index is -0.204. The summed E-state index contributed by atoms with van der Waals surface area (Å²) in [4.78, 5) is 12.0. The van der Waals surface area contributed by atoms with E-state index in [1.54, 1.807) is 6.07 Å². The van der Waals surface area contributed by atoms with Crippen LogP contribution in [0, 0.1) is 6.92 Å². The molecule has 0 aliphatic rings. The molecule has 1 aromatic heterocycles. The third-order valence-corrected chi connectivity index (χ3v) is 3.76. The number of rotatable bonds is 3. The van der Waals surface area contributed by atoms with Gasteiger partial charge < -0.3 is 5.32 Å². The zero-order valence-electron chi connectivity index (χ0n) is 11.1. The number of benzene rings is 1. The second kappa shape index (κ2) is 5.57. The molecule has 0 aliphatic carbocycles. The van der Waals surface area contributed by atoms with Crippen molar-refractivity contribution >= 4 is 27.5 Å². The van der Waals surface area contributed by atoms with Crippen LogP contribution in [0.4, 0.5) is 5.69 Å². The molecular formula is C14H16BrN3O. The maximum atomic E-state index is 12.0. The fourth-order valence-electron chi connectivity index (χ4n) is 1.67. The molecule has 0 aliphatic heterocycles. The molecule has 19 heavy (non-hydrogen) atoms. The smallest absolute Gasteiger partial charge is 0.276 e. The minimum Gasteiger partial charge on any atom is -0.321 e. The van der Waals surface area contributed by atoms with Gasteiger partial charge in [0, 0.05) is 15.9 Å². The molecule has 2 rings (SSSR count). The van der Waals surface area contributed by atoms with Crippen molar-refractivity contribution in [1.82, 2.24) is 10.2 Å². The van der Waals surface area contributed by atoms with E-state index in [-0.39, 0.29) is 5.91 Å². The molecule has 0 radical (unpaired) electrons. The van der Waals surface area contributed by atoms with Gasteiger partial charge in [0.05, 0.1) is 0 Å². The van der Waals surface area contributed by atoms with Crippen molar-refractivity contribution in [3.05, 3.63) is 45.7 Å². The molecule has 0 saturated heterocycles. The van der Waals surface area contributed by atoms with Gasteiger partial charge in [0.25, 0.3) is 5.91 Å². The molecule has 0 saturated carbocycles. The van der Waals surface area contributed by atoms with E-state index in [2.05, 4.69) is 31.4 Å². The average molecular weight is 322 g/mol. The Morgan fingerprint density at radius 1 is 1.37 bits per heavy atom. The maximum Gasteiger partial charge on any atom is 0.276 e. The van der Waals surface area contributed by atoms with Crippen LogP contribution in [-0.2, 0) is 0 Å². The number of amides is 1. The zero-order valence-corrected chi connectivity index (χ0v) is 12.7. The van der Waals surface area contributed by atoms with E-state index >= 15 is 0 Å². The number of nitrogens with zero attached hydrogens (tertiary/aromatic N) is 1. The highest BCUT2D eigenvalue weighted by molar-refractivity contribution is 9.10. The summed E-state index contributed by atoms with van der Waals surface area (Å²) < 4.78 is 1.02. The van der Waals surface area contributed by atoms with E-state index in [1.165, 1.54) is 0 Å². The molecule has 0 spiro atoms. The van der Waals surface area contributed by atoms with Crippen LogP contribution in [0.15, 0.2) is 28.7 Å². The van der Waals surface area contributed by atoms with Gasteiger partial charge in [0.2, 0.25) is 0 Å². The molecule has 100 valence electrons. The van der Waals surface area contributed by atoms with Crippen molar-refractivity contribution in [3.8, 4) is 0 Å². The van der Waals surface area contributed by atoms with Crippen LogP contribution in [0.25, 0.3) is 0 Å². The van der Waals surface area contributed by atoms with Crippen LogP contribution in [-0.4, -0.2) is 16.1 Å². The topological polar surface area (TPSA) is 57.8 Å². The fourth-order valence-corrected chi connectivity index (χ4v) is 1.91. The first-order valence-corrected chi connectivity index (χ1v) is 6.89. The van der Waals surface area contributed by atoms with Gasteiger partial charge >= 0.3 is 0 Å². The standard InChI is InChI=1S/C14H16BrN3O/c1-8(2)12-7-13(18-17-12)14(19)16-10-4-5-11(15)9(3)6-10/h4-8H,1-3H3,(H,16,19)(H,17,18). The predicted molar refractivity (Wildman–Crippen MR) is 79.5 cm³/mol. The Labute approximate surface area is 120 Å². The number of aryl methyl sites for hydroxylation is 1. The van der Waals surface area contributed by atoms with Crippen LogP contribution in [0.1, 0.15) is 41.5 Å². The van der Waals surface area contributed by atoms with Crippen molar-refractivity contribution < 1.29 is 4.79 Å². The van der Waals surface area contributed by atoms with Crippen molar-refractivity contribution in [2.24, 2.45) is 0 Å². The fraction of sp³-hybridized carbons (Fsp3) is 0.286. The Morgan fingerprint density at radius 3 is 2.68 bits per heavy atom. The number of anilines is 1. The summed E-state index contributed by atoms with van der Waals surface area (Å²) in [7, 11) is 0. The highest BCUT2D eigenvalue weighted by atomic mass is 79.9. The van der Waals surface area contributed by atoms with Gasteiger partial charge in [0.15, 0.2) is 5.69 Å². The summed E-state index contributed by atoms with van der Waals surface area (Å²) >= 11 is 3.43. The van der Waals surface area contributed by atoms with Gasteiger partial charge in [-0.15, -0.1) is 0 Å². The quantitative estimate of drug-likeness (QED) is 0.901. The summed E-state index contributed by atoms with van der Waals surface area (Å²) in [5.74, 6) is 0.119. The van der Waals surface area contributed by atoms with E-state index in [0.717, 1.165) is 21.4 Å². The van der Waals surface area contributed by atoms with Gasteiger partial charge in [-0.2, -0.15) is 5.10 Å². The molecule has 5 heteroatoms. The highest BCUT2D eigenvalue weighted by Crippen LogP contribution is 2.20. The molecule has 2 N–H and O–H groups in total. The molecule has 0 bridgehead atoms. The second-order valence-electron chi connectivity index (χ2n) is 4.78. The van der Waals surface area contributed by atoms with E-state index in [4.69, 9.17) is 0 Å². The monoisotopic (exact) mass is 321 g/mol. The molecule has 0 fully saturated rings. The first kappa shape index (κ1) is 13.8. The first-order chi connectivity index (χ1) is 8.97. The van der Waals surface area contributed by atoms with Gasteiger partial charge in [0.1, 0.15) is 0 Å². The molecule has 1 amide bonds. The second-order valence-corrected chi connectivity index (χ2v) is 5.64. The van der Waals surface area contributed by atoms with E-state index in [9.17, 15) is 4.79 Å². The lowest BCUT2D eigenvalue weighted by atomic mass is 10.1. The van der Waals surface area contributed by atoms with Crippen LogP contribution in [0.5, 0.6) is 0 Å². The lowest BCUT2D eigenvalue weighted by Crippen LogP contribution is -2.12. The Balaban J connectivity index is 2.13. The van der Waals surface area contributed by atoms with Crippen LogP contribution in [0.3, 0.4) is 0 Å². The Morgan fingerprint density at radius 2 is 2.11 bits per heavy atom. The van der Waals surface area contributed by atoms with Crippen molar-refractivity contribution in [3.63, 3.8) is 0 Å². The minimum absolute atomic E-state index is 0.204. The number of halogens is 1. The number of H-pyrrole nitrogens is 1. The Kier molecular flexibility index (Phi) is 4.04. The third-order valence-electron chi connectivity index (χ3n) is 2.87. The molecule has 1 heterocycles. The zero-order chi connectivity index (χ0) is 14.0. The number of carbonyl (C=O) groups excluding carboxylic acids is 1. The number of aromatic nitrogens is 2. The van der Waals surface area contributed by atoms with Gasteiger partial charge in [-0.3, -0.25) is 9.89 Å². The Bertz CT molecular complexity index is 604. The normalized spacial score (nSPS) is 10.8. The molecule has 4 nitrogen and oxygen atoms in total. The summed E-state index contributed by atoms with van der Waals surface area (Å²) in [5.41, 5.74) is 3.20. The van der Waals surface area contributed by atoms with Gasteiger partial charge in [-0.25, -0.2) is 0 Å². The Hall–Kier alpha value is -1.62. The SMILES string of the molecule is Cc1cc(NC(=O)c2cc(C(C)C)[nH]n2)ccc1Br. The summed E-state index contributed by atoms with van der Waals surface area (Å²) in [6.07, 6.45) is 0.